The molecule has 0 saturated heterocycles. The quantitative estimate of drug-likeness (QED) is 0.873. The molecule has 0 aliphatic heterocycles. The predicted molar refractivity (Wildman–Crippen MR) is 72.1 cm³/mol. The summed E-state index contributed by atoms with van der Waals surface area (Å²) >= 11 is 5.91. The third kappa shape index (κ3) is 3.99. The lowest BCUT2D eigenvalue weighted by Gasteiger charge is -2.11. The topological polar surface area (TPSA) is 81.1 Å². The summed E-state index contributed by atoms with van der Waals surface area (Å²) in [6.07, 6.45) is 2.57. The highest BCUT2D eigenvalue weighted by atomic mass is 35.5. The van der Waals surface area contributed by atoms with E-state index < -0.39 is 15.4 Å². The number of sulfone groups is 1. The van der Waals surface area contributed by atoms with Crippen molar-refractivity contribution in [3.63, 3.8) is 0 Å². The van der Waals surface area contributed by atoms with Gasteiger partial charge in [-0.2, -0.15) is 5.10 Å². The Morgan fingerprint density at radius 3 is 2.61 bits per heavy atom. The zero-order valence-electron chi connectivity index (χ0n) is 10.5. The maximum Gasteiger partial charge on any atom is 0.287 e. The molecule has 1 aromatic rings. The van der Waals surface area contributed by atoms with Crippen LogP contribution in [0.5, 0.6) is 0 Å². The number of aromatic nitrogens is 2. The average Bonchev–Trinajstić information content (AvgIpc) is 2.22. The van der Waals surface area contributed by atoms with Crippen LogP contribution in [0.4, 0.5) is 5.69 Å². The minimum atomic E-state index is -3.05. The highest BCUT2D eigenvalue weighted by Crippen LogP contribution is 2.15. The summed E-state index contributed by atoms with van der Waals surface area (Å²) < 4.78 is 23.2. The van der Waals surface area contributed by atoms with Gasteiger partial charge in [0, 0.05) is 12.8 Å². The smallest absolute Gasteiger partial charge is 0.287 e. The van der Waals surface area contributed by atoms with Crippen molar-refractivity contribution in [3.8, 4) is 0 Å². The van der Waals surface area contributed by atoms with Crippen molar-refractivity contribution >= 4 is 27.1 Å². The molecule has 102 valence electrons. The lowest BCUT2D eigenvalue weighted by molar-refractivity contribution is 0.503. The summed E-state index contributed by atoms with van der Waals surface area (Å²) in [5.74, 6) is -0.0312. The van der Waals surface area contributed by atoms with Crippen LogP contribution in [-0.2, 0) is 9.84 Å². The van der Waals surface area contributed by atoms with Crippen molar-refractivity contribution in [2.75, 3.05) is 23.9 Å². The first-order valence-electron chi connectivity index (χ1n) is 5.41. The van der Waals surface area contributed by atoms with Crippen LogP contribution in [-0.4, -0.2) is 36.8 Å². The number of anilines is 1. The van der Waals surface area contributed by atoms with Gasteiger partial charge in [-0.25, -0.2) is 13.1 Å². The van der Waals surface area contributed by atoms with Gasteiger partial charge in [0.25, 0.3) is 5.56 Å². The maximum absolute atomic E-state index is 11.8. The van der Waals surface area contributed by atoms with Gasteiger partial charge in [0.1, 0.15) is 14.9 Å². The molecule has 18 heavy (non-hydrogen) atoms. The van der Waals surface area contributed by atoms with E-state index in [0.29, 0.717) is 5.69 Å². The van der Waals surface area contributed by atoms with Gasteiger partial charge in [0.2, 0.25) is 0 Å². The molecule has 0 spiro atoms. The van der Waals surface area contributed by atoms with Crippen LogP contribution >= 0.6 is 11.6 Å². The Kier molecular flexibility index (Phi) is 4.75. The van der Waals surface area contributed by atoms with Crippen LogP contribution in [0.3, 0.4) is 0 Å². The van der Waals surface area contributed by atoms with E-state index in [9.17, 15) is 13.2 Å². The van der Waals surface area contributed by atoms with E-state index in [-0.39, 0.29) is 23.4 Å². The third-order valence-corrected chi connectivity index (χ3v) is 3.53. The van der Waals surface area contributed by atoms with Crippen molar-refractivity contribution < 1.29 is 8.42 Å². The lowest BCUT2D eigenvalue weighted by atomic mass is 10.4. The fourth-order valence-corrected chi connectivity index (χ4v) is 1.98. The molecule has 0 aromatic carbocycles. The Morgan fingerprint density at radius 1 is 1.50 bits per heavy atom. The van der Waals surface area contributed by atoms with Crippen molar-refractivity contribution in [3.05, 3.63) is 21.6 Å². The normalized spacial score (nSPS) is 11.8. The molecule has 6 nitrogen and oxygen atoms in total. The summed E-state index contributed by atoms with van der Waals surface area (Å²) in [7, 11) is -3.05. The first-order valence-corrected chi connectivity index (χ1v) is 7.85. The van der Waals surface area contributed by atoms with Gasteiger partial charge >= 0.3 is 0 Å². The molecule has 1 rings (SSSR count). The molecule has 0 unspecified atom stereocenters. The summed E-state index contributed by atoms with van der Waals surface area (Å²) in [5.41, 5.74) is -0.0433. The second-order valence-electron chi connectivity index (χ2n) is 4.27. The molecule has 0 aliphatic carbocycles. The largest absolute Gasteiger partial charge is 0.381 e. The second kappa shape index (κ2) is 5.71. The van der Waals surface area contributed by atoms with Crippen LogP contribution in [0.1, 0.15) is 19.9 Å². The van der Waals surface area contributed by atoms with E-state index in [1.165, 1.54) is 10.9 Å². The maximum atomic E-state index is 11.8. The summed E-state index contributed by atoms with van der Waals surface area (Å²) in [4.78, 5) is 11.8. The number of hydrogen-bond acceptors (Lipinski definition) is 5. The summed E-state index contributed by atoms with van der Waals surface area (Å²) in [6, 6.07) is -0.0833. The van der Waals surface area contributed by atoms with E-state index in [4.69, 9.17) is 11.6 Å². The number of nitrogens with zero attached hydrogens (tertiary/aromatic N) is 2. The molecule has 0 bridgehead atoms. The van der Waals surface area contributed by atoms with E-state index >= 15 is 0 Å². The van der Waals surface area contributed by atoms with Crippen molar-refractivity contribution in [1.29, 1.82) is 0 Å². The Morgan fingerprint density at radius 2 is 2.11 bits per heavy atom. The van der Waals surface area contributed by atoms with E-state index in [2.05, 4.69) is 10.4 Å². The number of hydrogen-bond donors (Lipinski definition) is 1. The molecule has 0 radical (unpaired) electrons. The zero-order valence-corrected chi connectivity index (χ0v) is 12.0. The Hall–Kier alpha value is -1.08. The van der Waals surface area contributed by atoms with Gasteiger partial charge in [-0.15, -0.1) is 0 Å². The second-order valence-corrected chi connectivity index (χ2v) is 6.91. The first-order chi connectivity index (χ1) is 8.22. The predicted octanol–water partition coefficient (Wildman–Crippen LogP) is 0.934. The van der Waals surface area contributed by atoms with Gasteiger partial charge < -0.3 is 5.32 Å². The van der Waals surface area contributed by atoms with Crippen molar-refractivity contribution in [2.24, 2.45) is 0 Å². The van der Waals surface area contributed by atoms with Gasteiger partial charge in [-0.3, -0.25) is 4.79 Å². The molecule has 0 saturated carbocycles. The fourth-order valence-electron chi connectivity index (χ4n) is 1.31. The average molecular weight is 294 g/mol. The minimum Gasteiger partial charge on any atom is -0.381 e. The fraction of sp³-hybridized carbons (Fsp3) is 0.600. The molecule has 8 heteroatoms. The Bertz CT molecular complexity index is 581. The Balaban J connectivity index is 2.87. The molecular weight excluding hydrogens is 278 g/mol. The lowest BCUT2D eigenvalue weighted by Crippen LogP contribution is -2.26. The zero-order chi connectivity index (χ0) is 13.9. The van der Waals surface area contributed by atoms with Gasteiger partial charge in [-0.1, -0.05) is 11.6 Å². The first kappa shape index (κ1) is 15.0. The van der Waals surface area contributed by atoms with Crippen LogP contribution in [0, 0.1) is 0 Å². The van der Waals surface area contributed by atoms with Crippen LogP contribution in [0.25, 0.3) is 0 Å². The van der Waals surface area contributed by atoms with Gasteiger partial charge in [-0.05, 0) is 13.8 Å². The van der Waals surface area contributed by atoms with Crippen LogP contribution < -0.4 is 10.9 Å². The molecule has 1 heterocycles. The summed E-state index contributed by atoms with van der Waals surface area (Å²) in [5, 5.41) is 6.77. The SMILES string of the molecule is CC(C)n1ncc(NCCS(C)(=O)=O)c(Cl)c1=O. The van der Waals surface area contributed by atoms with Gasteiger partial charge in [0.05, 0.1) is 23.7 Å². The van der Waals surface area contributed by atoms with E-state index in [1.54, 1.807) is 0 Å². The van der Waals surface area contributed by atoms with E-state index in [0.717, 1.165) is 6.26 Å². The highest BCUT2D eigenvalue weighted by Gasteiger charge is 2.11. The monoisotopic (exact) mass is 293 g/mol. The Labute approximate surface area is 111 Å². The van der Waals surface area contributed by atoms with Crippen LogP contribution in [0.15, 0.2) is 11.0 Å². The van der Waals surface area contributed by atoms with Crippen molar-refractivity contribution in [2.45, 2.75) is 19.9 Å². The number of rotatable bonds is 5. The standard InChI is InChI=1S/C10H16ClN3O3S/c1-7(2)14-10(15)9(11)8(6-13-14)12-4-5-18(3,16)17/h6-7,12H,4-5H2,1-3H3. The summed E-state index contributed by atoms with van der Waals surface area (Å²) in [6.45, 7) is 3.83. The van der Waals surface area contributed by atoms with E-state index in [1.807, 2.05) is 13.8 Å². The molecular formula is C10H16ClN3O3S. The highest BCUT2D eigenvalue weighted by molar-refractivity contribution is 7.90. The molecule has 0 atom stereocenters. The molecule has 1 N–H and O–H groups in total. The molecule has 0 amide bonds. The minimum absolute atomic E-state index is 0.0206. The molecule has 0 fully saturated rings. The number of halogens is 1. The molecule has 0 aliphatic rings. The van der Waals surface area contributed by atoms with Crippen molar-refractivity contribution in [1.82, 2.24) is 9.78 Å². The van der Waals surface area contributed by atoms with Gasteiger partial charge in [0.15, 0.2) is 0 Å². The number of nitrogens with one attached hydrogen (secondary N) is 1. The van der Waals surface area contributed by atoms with Crippen LogP contribution in [0.2, 0.25) is 5.02 Å². The third-order valence-electron chi connectivity index (χ3n) is 2.22. The molecule has 1 aromatic heterocycles.